The molecule has 0 spiro atoms. The molecule has 1 N–H and O–H groups in total. The average Bonchev–Trinajstić information content (AvgIpc) is 3.11. The first-order valence-electron chi connectivity index (χ1n) is 7.94. The highest BCUT2D eigenvalue weighted by Gasteiger charge is 2.10. The molecule has 1 aromatic heterocycles. The van der Waals surface area contributed by atoms with Crippen LogP contribution in [0.25, 0.3) is 11.4 Å². The van der Waals surface area contributed by atoms with E-state index in [1.165, 1.54) is 6.92 Å². The molecule has 6 nitrogen and oxygen atoms in total. The highest BCUT2D eigenvalue weighted by molar-refractivity contribution is 6.30. The van der Waals surface area contributed by atoms with Gasteiger partial charge in [-0.3, -0.25) is 4.79 Å². The Morgan fingerprint density at radius 2 is 2.04 bits per heavy atom. The molecular weight excluding hydrogens is 352 g/mol. The third kappa shape index (κ3) is 4.08. The van der Waals surface area contributed by atoms with Gasteiger partial charge in [0.2, 0.25) is 11.7 Å². The van der Waals surface area contributed by atoms with Crippen molar-refractivity contribution in [3.05, 3.63) is 64.5 Å². The number of hydrogen-bond donors (Lipinski definition) is 1. The van der Waals surface area contributed by atoms with Crippen LogP contribution in [-0.4, -0.2) is 22.5 Å². The molecule has 0 unspecified atom stereocenters. The van der Waals surface area contributed by atoms with Crippen molar-refractivity contribution in [3.63, 3.8) is 0 Å². The maximum absolute atomic E-state index is 11.5. The quantitative estimate of drug-likeness (QED) is 0.660. The van der Waals surface area contributed by atoms with E-state index in [0.717, 1.165) is 5.56 Å². The summed E-state index contributed by atoms with van der Waals surface area (Å²) in [5.74, 6) is 0.915. The molecule has 1 heterocycles. The lowest BCUT2D eigenvalue weighted by atomic mass is 10.1. The molecule has 130 valence electrons. The Balaban J connectivity index is 1.66. The Bertz CT molecular complexity index is 974. The van der Waals surface area contributed by atoms with Gasteiger partial charge in [0.1, 0.15) is 6.07 Å². The van der Waals surface area contributed by atoms with E-state index in [1.54, 1.807) is 30.3 Å². The largest absolute Gasteiger partial charge is 0.383 e. The van der Waals surface area contributed by atoms with Crippen LogP contribution in [0.1, 0.15) is 28.7 Å². The predicted octanol–water partition coefficient (Wildman–Crippen LogP) is 4.12. The molecule has 3 aromatic rings. The maximum atomic E-state index is 11.5. The summed E-state index contributed by atoms with van der Waals surface area (Å²) < 4.78 is 5.25. The minimum atomic E-state index is -0.0537. The summed E-state index contributed by atoms with van der Waals surface area (Å²) >= 11 is 5.87. The van der Waals surface area contributed by atoms with Crippen LogP contribution in [0, 0.1) is 11.3 Å². The van der Waals surface area contributed by atoms with Gasteiger partial charge in [-0.2, -0.15) is 10.2 Å². The van der Waals surface area contributed by atoms with Crippen LogP contribution in [0.15, 0.2) is 47.0 Å². The second kappa shape index (κ2) is 7.81. The molecule has 0 fully saturated rings. The fraction of sp³-hybridized carbons (Fsp3) is 0.158. The second-order valence-corrected chi connectivity index (χ2v) is 6.06. The molecule has 0 radical (unpaired) electrons. The summed E-state index contributed by atoms with van der Waals surface area (Å²) in [5, 5.41) is 16.9. The lowest BCUT2D eigenvalue weighted by Gasteiger charge is -2.08. The molecule has 0 atom stereocenters. The van der Waals surface area contributed by atoms with Crippen LogP contribution >= 0.6 is 11.6 Å². The lowest BCUT2D eigenvalue weighted by molar-refractivity contribution is 0.101. The Morgan fingerprint density at radius 3 is 2.73 bits per heavy atom. The summed E-state index contributed by atoms with van der Waals surface area (Å²) in [5.41, 5.74) is 2.45. The van der Waals surface area contributed by atoms with Gasteiger partial charge in [0, 0.05) is 29.1 Å². The van der Waals surface area contributed by atoms with Crippen LogP contribution in [0.5, 0.6) is 0 Å². The predicted molar refractivity (Wildman–Crippen MR) is 98.1 cm³/mol. The fourth-order valence-corrected chi connectivity index (χ4v) is 2.51. The van der Waals surface area contributed by atoms with Crippen molar-refractivity contribution in [2.45, 2.75) is 13.3 Å². The molecule has 26 heavy (non-hydrogen) atoms. The third-order valence-corrected chi connectivity index (χ3v) is 4.02. The van der Waals surface area contributed by atoms with Crippen LogP contribution in [0.4, 0.5) is 5.69 Å². The van der Waals surface area contributed by atoms with E-state index >= 15 is 0 Å². The first-order valence-corrected chi connectivity index (χ1v) is 8.32. The van der Waals surface area contributed by atoms with Crippen molar-refractivity contribution in [3.8, 4) is 17.5 Å². The molecule has 0 amide bonds. The Morgan fingerprint density at radius 1 is 1.27 bits per heavy atom. The van der Waals surface area contributed by atoms with Crippen LogP contribution in [0.3, 0.4) is 0 Å². The van der Waals surface area contributed by atoms with Gasteiger partial charge in [-0.15, -0.1) is 0 Å². The molecule has 2 aromatic carbocycles. The molecule has 0 aliphatic rings. The van der Waals surface area contributed by atoms with Gasteiger partial charge in [-0.25, -0.2) is 0 Å². The molecule has 0 saturated heterocycles. The first kappa shape index (κ1) is 17.6. The number of nitrogens with one attached hydrogen (secondary N) is 1. The zero-order valence-corrected chi connectivity index (χ0v) is 14.7. The second-order valence-electron chi connectivity index (χ2n) is 5.62. The Hall–Kier alpha value is -3.17. The number of ketones is 1. The number of nitriles is 1. The van der Waals surface area contributed by atoms with Gasteiger partial charge >= 0.3 is 0 Å². The van der Waals surface area contributed by atoms with E-state index in [1.807, 2.05) is 12.1 Å². The molecular formula is C19H15ClN4O2. The number of carbonyl (C=O) groups is 1. The summed E-state index contributed by atoms with van der Waals surface area (Å²) in [7, 11) is 0. The van der Waals surface area contributed by atoms with Gasteiger partial charge in [0.25, 0.3) is 0 Å². The summed E-state index contributed by atoms with van der Waals surface area (Å²) in [6, 6.07) is 14.2. The van der Waals surface area contributed by atoms with Crippen LogP contribution < -0.4 is 5.32 Å². The minimum absolute atomic E-state index is 0.0537. The SMILES string of the molecule is CC(=O)c1ccc(C#N)c(NCCc2nc(-c3ccc(Cl)cc3)no2)c1. The zero-order valence-electron chi connectivity index (χ0n) is 14.0. The van der Waals surface area contributed by atoms with Crippen LogP contribution in [0.2, 0.25) is 5.02 Å². The van der Waals surface area contributed by atoms with E-state index in [-0.39, 0.29) is 5.78 Å². The van der Waals surface area contributed by atoms with E-state index in [0.29, 0.717) is 46.5 Å². The van der Waals surface area contributed by atoms with Gasteiger partial charge in [-0.1, -0.05) is 16.8 Å². The minimum Gasteiger partial charge on any atom is -0.383 e. The zero-order chi connectivity index (χ0) is 18.5. The molecule has 0 bridgehead atoms. The summed E-state index contributed by atoms with van der Waals surface area (Å²) in [6.07, 6.45) is 0.482. The summed E-state index contributed by atoms with van der Waals surface area (Å²) in [4.78, 5) is 15.8. The molecule has 0 saturated carbocycles. The van der Waals surface area contributed by atoms with Gasteiger partial charge in [-0.05, 0) is 49.4 Å². The van der Waals surface area contributed by atoms with Crippen molar-refractivity contribution in [2.75, 3.05) is 11.9 Å². The number of anilines is 1. The standard InChI is InChI=1S/C19H15ClN4O2/c1-12(25)14-2-3-15(11-21)17(10-14)22-9-8-18-23-19(24-26-18)13-4-6-16(20)7-5-13/h2-7,10,22H,8-9H2,1H3. The smallest absolute Gasteiger partial charge is 0.228 e. The number of carbonyl (C=O) groups excluding carboxylic acids is 1. The topological polar surface area (TPSA) is 91.8 Å². The van der Waals surface area contributed by atoms with Crippen molar-refractivity contribution >= 4 is 23.1 Å². The average molecular weight is 367 g/mol. The van der Waals surface area contributed by atoms with E-state index in [2.05, 4.69) is 21.5 Å². The highest BCUT2D eigenvalue weighted by Crippen LogP contribution is 2.20. The van der Waals surface area contributed by atoms with Gasteiger partial charge in [0.15, 0.2) is 5.78 Å². The number of nitrogens with zero attached hydrogens (tertiary/aromatic N) is 3. The van der Waals surface area contributed by atoms with Gasteiger partial charge < -0.3 is 9.84 Å². The Labute approximate surface area is 155 Å². The van der Waals surface area contributed by atoms with Crippen molar-refractivity contribution in [1.29, 1.82) is 5.26 Å². The normalized spacial score (nSPS) is 10.3. The van der Waals surface area contributed by atoms with Crippen molar-refractivity contribution in [1.82, 2.24) is 10.1 Å². The Kier molecular flexibility index (Phi) is 5.30. The highest BCUT2D eigenvalue weighted by atomic mass is 35.5. The molecule has 0 aliphatic carbocycles. The monoisotopic (exact) mass is 366 g/mol. The van der Waals surface area contributed by atoms with Crippen LogP contribution in [-0.2, 0) is 6.42 Å². The maximum Gasteiger partial charge on any atom is 0.228 e. The fourth-order valence-electron chi connectivity index (χ4n) is 2.38. The lowest BCUT2D eigenvalue weighted by Crippen LogP contribution is -2.07. The third-order valence-electron chi connectivity index (χ3n) is 3.77. The molecule has 7 heteroatoms. The molecule has 0 aliphatic heterocycles. The van der Waals surface area contributed by atoms with E-state index < -0.39 is 0 Å². The van der Waals surface area contributed by atoms with E-state index in [4.69, 9.17) is 16.1 Å². The van der Waals surface area contributed by atoms with Gasteiger partial charge in [0.05, 0.1) is 11.3 Å². The number of Topliss-reactive ketones (excluding diaryl/α,β-unsaturated/α-hetero) is 1. The van der Waals surface area contributed by atoms with Crippen molar-refractivity contribution in [2.24, 2.45) is 0 Å². The number of halogens is 1. The van der Waals surface area contributed by atoms with Crippen molar-refractivity contribution < 1.29 is 9.32 Å². The summed E-state index contributed by atoms with van der Waals surface area (Å²) in [6.45, 7) is 1.97. The number of benzene rings is 2. The number of aromatic nitrogens is 2. The first-order chi connectivity index (χ1) is 12.6. The number of rotatable bonds is 6. The molecule has 3 rings (SSSR count). The number of hydrogen-bond acceptors (Lipinski definition) is 6. The van der Waals surface area contributed by atoms with E-state index in [9.17, 15) is 10.1 Å².